The quantitative estimate of drug-likeness (QED) is 0.265. The molecule has 0 radical (unpaired) electrons. The summed E-state index contributed by atoms with van der Waals surface area (Å²) in [5, 5.41) is 11.6. The van der Waals surface area contributed by atoms with Crippen molar-refractivity contribution in [1.82, 2.24) is 9.97 Å². The Bertz CT molecular complexity index is 1280. The average Bonchev–Trinajstić information content (AvgIpc) is 2.66. The molecule has 9 nitrogen and oxygen atoms in total. The second-order valence-corrected chi connectivity index (χ2v) is 6.69. The summed E-state index contributed by atoms with van der Waals surface area (Å²) in [6.07, 6.45) is 2.67. The molecular formula is C19H11Cl2N3O6. The number of benzene rings is 2. The highest BCUT2D eigenvalue weighted by Crippen LogP contribution is 2.23. The van der Waals surface area contributed by atoms with Gasteiger partial charge in [0.15, 0.2) is 0 Å². The highest BCUT2D eigenvalue weighted by Gasteiger charge is 2.18. The number of nitrogens with zero attached hydrogens (tertiary/aromatic N) is 1. The average molecular weight is 448 g/mol. The first-order valence-electron chi connectivity index (χ1n) is 8.21. The van der Waals surface area contributed by atoms with Gasteiger partial charge in [0, 0.05) is 5.02 Å². The smallest absolute Gasteiger partial charge is 0.357 e. The van der Waals surface area contributed by atoms with Gasteiger partial charge in [-0.25, -0.2) is 9.59 Å². The minimum atomic E-state index is -1.11. The first-order valence-corrected chi connectivity index (χ1v) is 8.96. The number of hydrogen-bond donors (Lipinski definition) is 2. The fourth-order valence-electron chi connectivity index (χ4n) is 2.44. The number of aromatic amines is 2. The van der Waals surface area contributed by atoms with Crippen LogP contribution in [0.15, 0.2) is 52.1 Å². The topological polar surface area (TPSA) is 135 Å². The van der Waals surface area contributed by atoms with Crippen molar-refractivity contribution in [2.75, 3.05) is 0 Å². The zero-order chi connectivity index (χ0) is 21.8. The lowest BCUT2D eigenvalue weighted by atomic mass is 10.2. The standard InChI is InChI=1S/C19H11Cl2N3O6/c20-11-4-7-13(14(21)9-11)18(26)30-12-5-1-10(2-6-12)3-8-15-16(24(28)29)17(25)23-19(27)22-15/h1-9H,(H2,22,23,25,27). The molecule has 152 valence electrons. The Morgan fingerprint density at radius 1 is 1.03 bits per heavy atom. The third kappa shape index (κ3) is 4.83. The first-order chi connectivity index (χ1) is 14.2. The van der Waals surface area contributed by atoms with Gasteiger partial charge in [-0.3, -0.25) is 19.9 Å². The fraction of sp³-hybridized carbons (Fsp3) is 0. The number of ether oxygens (including phenoxy) is 1. The summed E-state index contributed by atoms with van der Waals surface area (Å²) in [6, 6.07) is 10.5. The maximum absolute atomic E-state index is 12.2. The van der Waals surface area contributed by atoms with Gasteiger partial charge in [0.2, 0.25) is 0 Å². The van der Waals surface area contributed by atoms with Crippen molar-refractivity contribution in [1.29, 1.82) is 0 Å². The SMILES string of the molecule is O=C(Oc1ccc(C=Cc2[nH]c(=O)[nH]c(=O)c2[N+](=O)[O-])cc1)c1ccc(Cl)cc1Cl. The second kappa shape index (κ2) is 8.76. The lowest BCUT2D eigenvalue weighted by molar-refractivity contribution is -0.386. The minimum Gasteiger partial charge on any atom is -0.423 e. The number of carbonyl (C=O) groups excluding carboxylic acids is 1. The van der Waals surface area contributed by atoms with E-state index in [4.69, 9.17) is 27.9 Å². The summed E-state index contributed by atoms with van der Waals surface area (Å²) in [6.45, 7) is 0. The number of hydrogen-bond acceptors (Lipinski definition) is 6. The van der Waals surface area contributed by atoms with Crippen LogP contribution in [0, 0.1) is 10.1 Å². The monoisotopic (exact) mass is 447 g/mol. The number of H-pyrrole nitrogens is 2. The highest BCUT2D eigenvalue weighted by atomic mass is 35.5. The Morgan fingerprint density at radius 2 is 1.73 bits per heavy atom. The molecule has 30 heavy (non-hydrogen) atoms. The molecule has 0 spiro atoms. The van der Waals surface area contributed by atoms with E-state index in [0.717, 1.165) is 0 Å². The van der Waals surface area contributed by atoms with Crippen LogP contribution in [0.25, 0.3) is 12.2 Å². The summed E-state index contributed by atoms with van der Waals surface area (Å²) in [5.74, 6) is -0.435. The molecular weight excluding hydrogens is 437 g/mol. The molecule has 0 unspecified atom stereocenters. The Kier molecular flexibility index (Phi) is 6.14. The van der Waals surface area contributed by atoms with Crippen LogP contribution in [-0.2, 0) is 0 Å². The zero-order valence-corrected chi connectivity index (χ0v) is 16.4. The molecule has 0 aliphatic carbocycles. The van der Waals surface area contributed by atoms with E-state index >= 15 is 0 Å². The third-order valence-electron chi connectivity index (χ3n) is 3.81. The molecule has 2 N–H and O–H groups in total. The van der Waals surface area contributed by atoms with Gasteiger partial charge in [0.1, 0.15) is 11.4 Å². The van der Waals surface area contributed by atoms with E-state index in [9.17, 15) is 24.5 Å². The Balaban J connectivity index is 1.78. The van der Waals surface area contributed by atoms with Crippen LogP contribution in [0.2, 0.25) is 10.0 Å². The molecule has 1 aromatic heterocycles. The Morgan fingerprint density at radius 3 is 2.37 bits per heavy atom. The molecule has 3 rings (SSSR count). The maximum Gasteiger partial charge on any atom is 0.357 e. The first kappa shape index (κ1) is 21.0. The van der Waals surface area contributed by atoms with Gasteiger partial charge < -0.3 is 9.72 Å². The molecule has 0 aliphatic rings. The second-order valence-electron chi connectivity index (χ2n) is 5.84. The van der Waals surface area contributed by atoms with E-state index in [1.807, 2.05) is 0 Å². The molecule has 0 aliphatic heterocycles. The summed E-state index contributed by atoms with van der Waals surface area (Å²) in [4.78, 5) is 49.3. The lowest BCUT2D eigenvalue weighted by Crippen LogP contribution is -2.25. The number of carbonyl (C=O) groups is 1. The van der Waals surface area contributed by atoms with Crippen molar-refractivity contribution in [2.24, 2.45) is 0 Å². The molecule has 1 heterocycles. The van der Waals surface area contributed by atoms with Crippen molar-refractivity contribution in [3.8, 4) is 5.75 Å². The molecule has 0 fully saturated rings. The lowest BCUT2D eigenvalue weighted by Gasteiger charge is -2.06. The Hall–Kier alpha value is -3.69. The van der Waals surface area contributed by atoms with Crippen molar-refractivity contribution in [2.45, 2.75) is 0 Å². The van der Waals surface area contributed by atoms with E-state index < -0.39 is 27.8 Å². The van der Waals surface area contributed by atoms with Crippen molar-refractivity contribution >= 4 is 47.0 Å². The van der Waals surface area contributed by atoms with Gasteiger partial charge in [-0.1, -0.05) is 41.4 Å². The molecule has 0 amide bonds. The maximum atomic E-state index is 12.2. The zero-order valence-electron chi connectivity index (χ0n) is 14.8. The van der Waals surface area contributed by atoms with E-state index in [1.54, 1.807) is 17.1 Å². The van der Waals surface area contributed by atoms with Gasteiger partial charge in [0.25, 0.3) is 0 Å². The predicted molar refractivity (Wildman–Crippen MR) is 111 cm³/mol. The van der Waals surface area contributed by atoms with Gasteiger partial charge in [-0.05, 0) is 42.0 Å². The largest absolute Gasteiger partial charge is 0.423 e. The molecule has 2 aromatic carbocycles. The minimum absolute atomic E-state index is 0.149. The van der Waals surface area contributed by atoms with Crippen molar-refractivity contribution in [3.63, 3.8) is 0 Å². The number of halogens is 2. The Labute approximate surface area is 177 Å². The number of nitro groups is 1. The van der Waals surface area contributed by atoms with E-state index in [-0.39, 0.29) is 22.0 Å². The normalized spacial score (nSPS) is 10.9. The number of nitrogens with one attached hydrogen (secondary N) is 2. The van der Waals surface area contributed by atoms with E-state index in [0.29, 0.717) is 10.6 Å². The van der Waals surface area contributed by atoms with Crippen LogP contribution < -0.4 is 16.0 Å². The van der Waals surface area contributed by atoms with Crippen molar-refractivity contribution in [3.05, 3.63) is 100 Å². The molecule has 11 heteroatoms. The number of rotatable bonds is 5. The fourth-order valence-corrected chi connectivity index (χ4v) is 2.93. The molecule has 0 atom stereocenters. The summed E-state index contributed by atoms with van der Waals surface area (Å²) in [7, 11) is 0. The van der Waals surface area contributed by atoms with E-state index in [1.165, 1.54) is 42.5 Å². The predicted octanol–water partition coefficient (Wildman–Crippen LogP) is 3.67. The van der Waals surface area contributed by atoms with Crippen LogP contribution in [0.5, 0.6) is 5.75 Å². The van der Waals surface area contributed by atoms with Gasteiger partial charge in [-0.2, -0.15) is 0 Å². The number of esters is 1. The van der Waals surface area contributed by atoms with Crippen molar-refractivity contribution < 1.29 is 14.5 Å². The van der Waals surface area contributed by atoms with Crippen LogP contribution in [0.1, 0.15) is 21.6 Å². The molecule has 0 bridgehead atoms. The molecule has 3 aromatic rings. The summed E-state index contributed by atoms with van der Waals surface area (Å²) < 4.78 is 5.25. The summed E-state index contributed by atoms with van der Waals surface area (Å²) in [5.41, 5.74) is -2.29. The van der Waals surface area contributed by atoms with Gasteiger partial charge >= 0.3 is 22.9 Å². The molecule has 0 saturated heterocycles. The third-order valence-corrected chi connectivity index (χ3v) is 4.36. The van der Waals surface area contributed by atoms with Gasteiger partial charge in [-0.15, -0.1) is 0 Å². The molecule has 0 saturated carbocycles. The highest BCUT2D eigenvalue weighted by molar-refractivity contribution is 6.36. The number of aromatic nitrogens is 2. The van der Waals surface area contributed by atoms with Crippen LogP contribution in [0.3, 0.4) is 0 Å². The van der Waals surface area contributed by atoms with Crippen LogP contribution in [-0.4, -0.2) is 20.9 Å². The van der Waals surface area contributed by atoms with E-state index in [2.05, 4.69) is 4.98 Å². The van der Waals surface area contributed by atoms with Gasteiger partial charge in [0.05, 0.1) is 15.5 Å². The van der Waals surface area contributed by atoms with Crippen LogP contribution in [0.4, 0.5) is 5.69 Å². The summed E-state index contributed by atoms with van der Waals surface area (Å²) >= 11 is 11.8. The van der Waals surface area contributed by atoms with Crippen LogP contribution >= 0.6 is 23.2 Å².